The zero-order valence-electron chi connectivity index (χ0n) is 40.2. The lowest BCUT2D eigenvalue weighted by molar-refractivity contribution is 0.753. The molecule has 1 spiro atoms. The van der Waals surface area contributed by atoms with Gasteiger partial charge >= 0.3 is 0 Å². The lowest BCUT2D eigenvalue weighted by Crippen LogP contribution is -2.36. The van der Waals surface area contributed by atoms with Gasteiger partial charge in [-0.3, -0.25) is 0 Å². The van der Waals surface area contributed by atoms with E-state index in [1.165, 1.54) is 54.6 Å². The van der Waals surface area contributed by atoms with Crippen molar-refractivity contribution in [3.05, 3.63) is 289 Å². The number of hydrogen-bond donors (Lipinski definition) is 0. The highest BCUT2D eigenvalue weighted by atomic mass is 15.2. The van der Waals surface area contributed by atoms with Gasteiger partial charge in [-0.05, 0) is 124 Å². The van der Waals surface area contributed by atoms with Crippen molar-refractivity contribution < 1.29 is 0 Å². The number of aromatic nitrogens is 3. The quantitative estimate of drug-likeness (QED) is 0.156. The first-order valence-electron chi connectivity index (χ1n) is 25.3. The number of para-hydroxylation sites is 3. The molecule has 0 fully saturated rings. The Morgan fingerprint density at radius 3 is 1.32 bits per heavy atom. The zero-order valence-corrected chi connectivity index (χ0v) is 40.2. The van der Waals surface area contributed by atoms with Gasteiger partial charge in [0.1, 0.15) is 0 Å². The normalized spacial score (nSPS) is 12.9. The summed E-state index contributed by atoms with van der Waals surface area (Å²) in [6.07, 6.45) is 0. The average molecular weight is 941 g/mol. The maximum absolute atomic E-state index is 5.46. The zero-order chi connectivity index (χ0) is 48.7. The van der Waals surface area contributed by atoms with Crippen molar-refractivity contribution in [1.29, 1.82) is 0 Å². The molecule has 2 heterocycles. The van der Waals surface area contributed by atoms with Crippen LogP contribution in [0.2, 0.25) is 0 Å². The number of benzene rings is 12. The summed E-state index contributed by atoms with van der Waals surface area (Å²) in [4.78, 5) is 18.5. The maximum atomic E-state index is 5.46. The molecule has 15 rings (SSSR count). The average Bonchev–Trinajstić information content (AvgIpc) is 3.80. The molecule has 0 bridgehead atoms. The summed E-state index contributed by atoms with van der Waals surface area (Å²) in [5.41, 5.74) is 17.3. The van der Waals surface area contributed by atoms with Crippen molar-refractivity contribution in [2.24, 2.45) is 0 Å². The van der Waals surface area contributed by atoms with E-state index >= 15 is 0 Å². The van der Waals surface area contributed by atoms with Crippen LogP contribution in [0.3, 0.4) is 0 Å². The molecule has 4 nitrogen and oxygen atoms in total. The molecule has 1 aliphatic carbocycles. The van der Waals surface area contributed by atoms with Crippen LogP contribution >= 0.6 is 0 Å². The third-order valence-corrected chi connectivity index (χ3v) is 15.5. The summed E-state index contributed by atoms with van der Waals surface area (Å²) < 4.78 is 0. The van der Waals surface area contributed by atoms with E-state index in [1.54, 1.807) is 0 Å². The highest BCUT2D eigenvalue weighted by Crippen LogP contribution is 2.65. The molecule has 0 atom stereocenters. The maximum Gasteiger partial charge on any atom is 0.164 e. The Kier molecular flexibility index (Phi) is 9.45. The van der Waals surface area contributed by atoms with Crippen LogP contribution in [0.4, 0.5) is 17.1 Å². The number of fused-ring (bicyclic) bond motifs is 15. The van der Waals surface area contributed by atoms with E-state index < -0.39 is 5.41 Å². The number of hydrogen-bond acceptors (Lipinski definition) is 4. The first-order chi connectivity index (χ1) is 36.7. The van der Waals surface area contributed by atoms with Gasteiger partial charge in [-0.1, -0.05) is 231 Å². The van der Waals surface area contributed by atoms with Crippen LogP contribution in [0.25, 0.3) is 99.9 Å². The molecule has 1 aliphatic heterocycles. The number of nitrogens with zero attached hydrogens (tertiary/aromatic N) is 4. The summed E-state index contributed by atoms with van der Waals surface area (Å²) in [5.74, 6) is 1.87. The number of anilines is 3. The van der Waals surface area contributed by atoms with E-state index in [9.17, 15) is 0 Å². The molecule has 1 aromatic heterocycles. The fourth-order valence-electron chi connectivity index (χ4n) is 12.3. The van der Waals surface area contributed by atoms with Gasteiger partial charge in [0.2, 0.25) is 0 Å². The Morgan fingerprint density at radius 1 is 0.257 bits per heavy atom. The lowest BCUT2D eigenvalue weighted by atomic mass is 9.64. The Hall–Kier alpha value is -9.77. The molecule has 0 N–H and O–H groups in total. The Morgan fingerprint density at radius 2 is 0.689 bits per heavy atom. The van der Waals surface area contributed by atoms with Gasteiger partial charge < -0.3 is 4.90 Å². The monoisotopic (exact) mass is 940 g/mol. The van der Waals surface area contributed by atoms with E-state index in [1.807, 2.05) is 24.3 Å². The van der Waals surface area contributed by atoms with Crippen molar-refractivity contribution in [1.82, 2.24) is 15.0 Å². The lowest BCUT2D eigenvalue weighted by Gasteiger charge is -2.45. The second-order valence-corrected chi connectivity index (χ2v) is 19.4. The predicted molar refractivity (Wildman–Crippen MR) is 305 cm³/mol. The molecule has 13 aromatic rings. The molecule has 0 saturated heterocycles. The minimum absolute atomic E-state index is 0.621. The third-order valence-electron chi connectivity index (χ3n) is 15.5. The first-order valence-corrected chi connectivity index (χ1v) is 25.3. The molecule has 2 aliphatic rings. The number of rotatable bonds is 6. The van der Waals surface area contributed by atoms with Crippen molar-refractivity contribution >= 4 is 49.4 Å². The Balaban J connectivity index is 1.00. The van der Waals surface area contributed by atoms with Crippen LogP contribution in [0.1, 0.15) is 22.3 Å². The molecule has 344 valence electrons. The Bertz CT molecular complexity index is 4280. The van der Waals surface area contributed by atoms with E-state index in [0.29, 0.717) is 17.5 Å². The summed E-state index contributed by atoms with van der Waals surface area (Å²) in [6, 6.07) is 96.7. The van der Waals surface area contributed by atoms with E-state index in [0.717, 1.165) is 67.1 Å². The summed E-state index contributed by atoms with van der Waals surface area (Å²) in [6.45, 7) is 0. The van der Waals surface area contributed by atoms with Crippen LogP contribution in [0.5, 0.6) is 0 Å². The van der Waals surface area contributed by atoms with Crippen LogP contribution in [0, 0.1) is 0 Å². The van der Waals surface area contributed by atoms with Crippen LogP contribution in [-0.4, -0.2) is 15.0 Å². The van der Waals surface area contributed by atoms with Crippen molar-refractivity contribution in [2.45, 2.75) is 5.41 Å². The molecule has 0 amide bonds. The van der Waals surface area contributed by atoms with E-state index in [-0.39, 0.29) is 0 Å². The van der Waals surface area contributed by atoms with Gasteiger partial charge in [0.25, 0.3) is 0 Å². The highest BCUT2D eigenvalue weighted by Gasteiger charge is 2.52. The minimum Gasteiger partial charge on any atom is -0.310 e. The largest absolute Gasteiger partial charge is 0.310 e. The molecule has 4 heteroatoms. The summed E-state index contributed by atoms with van der Waals surface area (Å²) in [7, 11) is 0. The van der Waals surface area contributed by atoms with Crippen LogP contribution in [0.15, 0.2) is 267 Å². The SMILES string of the molecule is c1ccc(-c2ccc(-c3nc(-c4ccccc4)nc(-c4cccc5c4-c4cc(-c6ccc7c8ccccc8c8ccccc8c7c6)ccc4C54c5ccccc5N(c5ccccc5)c5ccccc54)n3)cc2)cc1. The Labute approximate surface area is 429 Å². The van der Waals surface area contributed by atoms with E-state index in [4.69, 9.17) is 15.0 Å². The summed E-state index contributed by atoms with van der Waals surface area (Å²) in [5, 5.41) is 7.55. The van der Waals surface area contributed by atoms with E-state index in [2.05, 4.69) is 248 Å². The van der Waals surface area contributed by atoms with Crippen molar-refractivity contribution in [3.8, 4) is 67.5 Å². The van der Waals surface area contributed by atoms with Crippen LogP contribution < -0.4 is 4.90 Å². The fourth-order valence-corrected chi connectivity index (χ4v) is 12.3. The molecule has 0 radical (unpaired) electrons. The van der Waals surface area contributed by atoms with Crippen molar-refractivity contribution in [2.75, 3.05) is 4.90 Å². The standard InChI is InChI=1S/C70H44N4/c1-4-19-45(20-5-1)46-35-37-48(38-36-46)68-71-67(47-21-6-2-7-22-47)72-69(73-68)57-29-18-32-63-66(57)59-44-50(49-39-41-56-54-27-11-10-25-52(54)53-26-12-13-28-55(53)58(56)43-49)40-42-60(59)70(63)61-30-14-16-33-64(61)74(51-23-8-3-9-24-51)65-34-17-15-31-62(65)70/h1-44H. The molecule has 0 saturated carbocycles. The van der Waals surface area contributed by atoms with Gasteiger partial charge in [0.05, 0.1) is 16.8 Å². The van der Waals surface area contributed by atoms with Crippen molar-refractivity contribution in [3.63, 3.8) is 0 Å². The first kappa shape index (κ1) is 42.0. The molecular weight excluding hydrogens is 897 g/mol. The minimum atomic E-state index is -0.693. The van der Waals surface area contributed by atoms with Crippen LogP contribution in [-0.2, 0) is 5.41 Å². The van der Waals surface area contributed by atoms with Gasteiger partial charge in [-0.2, -0.15) is 0 Å². The molecule has 0 unspecified atom stereocenters. The smallest absolute Gasteiger partial charge is 0.164 e. The fraction of sp³-hybridized carbons (Fsp3) is 0.0143. The second-order valence-electron chi connectivity index (χ2n) is 19.4. The highest BCUT2D eigenvalue weighted by molar-refractivity contribution is 6.25. The summed E-state index contributed by atoms with van der Waals surface area (Å²) >= 11 is 0. The predicted octanol–water partition coefficient (Wildman–Crippen LogP) is 17.8. The van der Waals surface area contributed by atoms with Gasteiger partial charge in [0.15, 0.2) is 17.5 Å². The molecular formula is C70H44N4. The molecule has 12 aromatic carbocycles. The van der Waals surface area contributed by atoms with Gasteiger partial charge in [-0.25, -0.2) is 15.0 Å². The topological polar surface area (TPSA) is 41.9 Å². The molecule has 74 heavy (non-hydrogen) atoms. The third kappa shape index (κ3) is 6.31. The van der Waals surface area contributed by atoms with Gasteiger partial charge in [-0.15, -0.1) is 0 Å². The van der Waals surface area contributed by atoms with Gasteiger partial charge in [0, 0.05) is 22.4 Å². The second kappa shape index (κ2) is 16.7.